The molecule has 1 aromatic carbocycles. The van der Waals surface area contributed by atoms with Crippen LogP contribution in [0.2, 0.25) is 0 Å². The molecule has 0 amide bonds. The Balaban J connectivity index is 1.69. The number of benzene rings is 1. The van der Waals surface area contributed by atoms with E-state index in [4.69, 9.17) is 4.42 Å². The molecule has 4 nitrogen and oxygen atoms in total. The number of hydrogen-bond donors (Lipinski definition) is 2. The Morgan fingerprint density at radius 1 is 1.22 bits per heavy atom. The van der Waals surface area contributed by atoms with Gasteiger partial charge in [-0.2, -0.15) is 11.8 Å². The maximum absolute atomic E-state index is 13.5. The van der Waals surface area contributed by atoms with Crippen LogP contribution in [0, 0.1) is 5.82 Å². The van der Waals surface area contributed by atoms with Gasteiger partial charge in [0, 0.05) is 24.6 Å². The number of rotatable bonds is 8. The summed E-state index contributed by atoms with van der Waals surface area (Å²) in [6.07, 6.45) is 1.64. The van der Waals surface area contributed by atoms with E-state index in [0.29, 0.717) is 12.3 Å². The van der Waals surface area contributed by atoms with Gasteiger partial charge in [0.1, 0.15) is 18.1 Å². The number of nitrogens with one attached hydrogen (secondary N) is 2. The average molecular weight is 335 g/mol. The summed E-state index contributed by atoms with van der Waals surface area (Å²) in [5.74, 6) is 3.00. The summed E-state index contributed by atoms with van der Waals surface area (Å²) in [5.41, 5.74) is 0.746. The quantitative estimate of drug-likeness (QED) is 0.441. The van der Waals surface area contributed by atoms with E-state index >= 15 is 0 Å². The van der Waals surface area contributed by atoms with Gasteiger partial charge in [0.25, 0.3) is 0 Å². The van der Waals surface area contributed by atoms with Gasteiger partial charge in [-0.05, 0) is 30.7 Å². The van der Waals surface area contributed by atoms with Crippen molar-refractivity contribution in [1.82, 2.24) is 10.6 Å². The van der Waals surface area contributed by atoms with Gasteiger partial charge in [-0.15, -0.1) is 0 Å². The Kier molecular flexibility index (Phi) is 7.52. The highest BCUT2D eigenvalue weighted by Crippen LogP contribution is 2.14. The van der Waals surface area contributed by atoms with Gasteiger partial charge in [-0.25, -0.2) is 9.38 Å². The summed E-state index contributed by atoms with van der Waals surface area (Å²) in [6, 6.07) is 10.6. The van der Waals surface area contributed by atoms with Crippen molar-refractivity contribution >= 4 is 17.7 Å². The zero-order valence-corrected chi connectivity index (χ0v) is 14.0. The van der Waals surface area contributed by atoms with Gasteiger partial charge in [0.15, 0.2) is 5.96 Å². The lowest BCUT2D eigenvalue weighted by atomic mass is 10.2. The van der Waals surface area contributed by atoms with Crippen molar-refractivity contribution in [2.24, 2.45) is 4.99 Å². The molecule has 0 atom stereocenters. The minimum atomic E-state index is -0.138. The lowest BCUT2D eigenvalue weighted by molar-refractivity contribution is 0.512. The average Bonchev–Trinajstić information content (AvgIpc) is 3.07. The van der Waals surface area contributed by atoms with Crippen LogP contribution in [0.3, 0.4) is 0 Å². The van der Waals surface area contributed by atoms with Crippen molar-refractivity contribution in [2.75, 3.05) is 18.8 Å². The molecule has 0 saturated heterocycles. The molecule has 0 fully saturated rings. The standard InChI is InChI=1S/C17H22FN3OS/c1-2-19-17(21-12-15-7-5-10-22-15)20-9-11-23-13-14-6-3-4-8-16(14)18/h3-8,10H,2,9,11-13H2,1H3,(H2,19,20,21). The van der Waals surface area contributed by atoms with Crippen molar-refractivity contribution in [3.8, 4) is 0 Å². The van der Waals surface area contributed by atoms with E-state index in [9.17, 15) is 4.39 Å². The summed E-state index contributed by atoms with van der Waals surface area (Å²) in [4.78, 5) is 4.46. The molecule has 124 valence electrons. The second kappa shape index (κ2) is 9.94. The van der Waals surface area contributed by atoms with Crippen LogP contribution in [-0.2, 0) is 12.3 Å². The SMILES string of the molecule is CCNC(=NCc1ccco1)NCCSCc1ccccc1F. The minimum absolute atomic E-state index is 0.138. The number of nitrogens with zero attached hydrogens (tertiary/aromatic N) is 1. The van der Waals surface area contributed by atoms with E-state index in [2.05, 4.69) is 15.6 Å². The second-order valence-electron chi connectivity index (χ2n) is 4.85. The van der Waals surface area contributed by atoms with Gasteiger partial charge in [-0.3, -0.25) is 0 Å². The Morgan fingerprint density at radius 3 is 2.83 bits per heavy atom. The molecule has 6 heteroatoms. The van der Waals surface area contributed by atoms with Gasteiger partial charge in [-0.1, -0.05) is 18.2 Å². The van der Waals surface area contributed by atoms with Crippen LogP contribution in [0.5, 0.6) is 0 Å². The lowest BCUT2D eigenvalue weighted by Gasteiger charge is -2.11. The molecule has 0 radical (unpaired) electrons. The first-order valence-corrected chi connectivity index (χ1v) is 8.80. The number of guanidine groups is 1. The molecule has 23 heavy (non-hydrogen) atoms. The maximum Gasteiger partial charge on any atom is 0.191 e. The summed E-state index contributed by atoms with van der Waals surface area (Å²) < 4.78 is 18.8. The minimum Gasteiger partial charge on any atom is -0.467 e. The Labute approximate surface area is 140 Å². The summed E-state index contributed by atoms with van der Waals surface area (Å²) >= 11 is 1.69. The molecule has 2 rings (SSSR count). The first-order valence-electron chi connectivity index (χ1n) is 7.65. The fraction of sp³-hybridized carbons (Fsp3) is 0.353. The molecule has 0 aliphatic carbocycles. The second-order valence-corrected chi connectivity index (χ2v) is 5.95. The monoisotopic (exact) mass is 335 g/mol. The van der Waals surface area contributed by atoms with E-state index in [1.807, 2.05) is 31.2 Å². The predicted molar refractivity (Wildman–Crippen MR) is 94.1 cm³/mol. The zero-order valence-electron chi connectivity index (χ0n) is 13.2. The fourth-order valence-corrected chi connectivity index (χ4v) is 2.79. The van der Waals surface area contributed by atoms with Crippen LogP contribution in [-0.4, -0.2) is 24.8 Å². The summed E-state index contributed by atoms with van der Waals surface area (Å²) in [7, 11) is 0. The molecule has 0 bridgehead atoms. The number of halogens is 1. The van der Waals surface area contributed by atoms with Crippen LogP contribution in [0.4, 0.5) is 4.39 Å². The van der Waals surface area contributed by atoms with Crippen LogP contribution in [0.15, 0.2) is 52.1 Å². The van der Waals surface area contributed by atoms with Gasteiger partial charge in [0.2, 0.25) is 0 Å². The van der Waals surface area contributed by atoms with Crippen LogP contribution >= 0.6 is 11.8 Å². The topological polar surface area (TPSA) is 49.6 Å². The van der Waals surface area contributed by atoms with Crippen LogP contribution < -0.4 is 10.6 Å². The Morgan fingerprint density at radius 2 is 2.09 bits per heavy atom. The molecule has 0 unspecified atom stereocenters. The van der Waals surface area contributed by atoms with E-state index in [-0.39, 0.29) is 5.82 Å². The molecule has 0 spiro atoms. The number of aliphatic imine (C=N–C) groups is 1. The largest absolute Gasteiger partial charge is 0.467 e. The third kappa shape index (κ3) is 6.36. The van der Waals surface area contributed by atoms with Gasteiger partial charge < -0.3 is 15.1 Å². The molecular weight excluding hydrogens is 313 g/mol. The van der Waals surface area contributed by atoms with Crippen LogP contribution in [0.25, 0.3) is 0 Å². The third-order valence-corrected chi connectivity index (χ3v) is 4.08. The number of hydrogen-bond acceptors (Lipinski definition) is 3. The zero-order chi connectivity index (χ0) is 16.3. The van der Waals surface area contributed by atoms with E-state index in [1.54, 1.807) is 24.1 Å². The fourth-order valence-electron chi connectivity index (χ4n) is 1.94. The lowest BCUT2D eigenvalue weighted by Crippen LogP contribution is -2.38. The summed E-state index contributed by atoms with van der Waals surface area (Å²) in [6.45, 7) is 4.09. The molecule has 2 aromatic rings. The first-order chi connectivity index (χ1) is 11.3. The van der Waals surface area contributed by atoms with Crippen molar-refractivity contribution in [2.45, 2.75) is 19.2 Å². The van der Waals surface area contributed by atoms with Crippen molar-refractivity contribution < 1.29 is 8.81 Å². The molecule has 0 saturated carbocycles. The molecule has 2 N–H and O–H groups in total. The Bertz CT molecular complexity index is 602. The van der Waals surface area contributed by atoms with E-state index < -0.39 is 0 Å². The molecule has 0 aliphatic heterocycles. The van der Waals surface area contributed by atoms with Crippen molar-refractivity contribution in [3.05, 3.63) is 59.8 Å². The molecule has 1 aromatic heterocycles. The highest BCUT2D eigenvalue weighted by molar-refractivity contribution is 7.98. The molecule has 0 aliphatic rings. The molecular formula is C17H22FN3OS. The Hall–Kier alpha value is -1.95. The third-order valence-electron chi connectivity index (χ3n) is 3.07. The van der Waals surface area contributed by atoms with E-state index in [1.165, 1.54) is 6.07 Å². The highest BCUT2D eigenvalue weighted by Gasteiger charge is 2.01. The van der Waals surface area contributed by atoms with Crippen molar-refractivity contribution in [1.29, 1.82) is 0 Å². The summed E-state index contributed by atoms with van der Waals surface area (Å²) in [5, 5.41) is 6.46. The first kappa shape index (κ1) is 17.4. The normalized spacial score (nSPS) is 11.5. The van der Waals surface area contributed by atoms with Crippen LogP contribution in [0.1, 0.15) is 18.2 Å². The van der Waals surface area contributed by atoms with E-state index in [0.717, 1.165) is 36.1 Å². The highest BCUT2D eigenvalue weighted by atomic mass is 32.2. The van der Waals surface area contributed by atoms with Gasteiger partial charge >= 0.3 is 0 Å². The smallest absolute Gasteiger partial charge is 0.191 e. The predicted octanol–water partition coefficient (Wildman–Crippen LogP) is 3.41. The number of thioether (sulfide) groups is 1. The molecule has 1 heterocycles. The maximum atomic E-state index is 13.5. The number of furan rings is 1. The van der Waals surface area contributed by atoms with Crippen molar-refractivity contribution in [3.63, 3.8) is 0 Å². The van der Waals surface area contributed by atoms with Gasteiger partial charge in [0.05, 0.1) is 6.26 Å².